The number of fused-ring (bicyclic) bond motifs is 1. The second kappa shape index (κ2) is 8.99. The Bertz CT molecular complexity index is 1150. The normalized spacial score (nSPS) is 23.3. The van der Waals surface area contributed by atoms with Gasteiger partial charge in [-0.05, 0) is 37.7 Å². The molecule has 2 fully saturated rings. The van der Waals surface area contributed by atoms with Crippen LogP contribution in [0.2, 0.25) is 0 Å². The third-order valence-corrected chi connectivity index (χ3v) is 8.13. The zero-order valence-electron chi connectivity index (χ0n) is 18.1. The van der Waals surface area contributed by atoms with Crippen LogP contribution in [0.4, 0.5) is 14.7 Å². The molecule has 2 aromatic heterocycles. The van der Waals surface area contributed by atoms with Crippen LogP contribution in [0, 0.1) is 5.92 Å². The highest BCUT2D eigenvalue weighted by molar-refractivity contribution is 7.87. The summed E-state index contributed by atoms with van der Waals surface area (Å²) in [7, 11) is -2.08. The number of aromatic nitrogens is 3. The lowest BCUT2D eigenvalue weighted by molar-refractivity contribution is 0.148. The van der Waals surface area contributed by atoms with E-state index in [9.17, 15) is 22.0 Å². The van der Waals surface area contributed by atoms with Crippen LogP contribution >= 0.6 is 0 Å². The molecule has 0 radical (unpaired) electrons. The molecule has 4 rings (SSSR count). The van der Waals surface area contributed by atoms with Crippen molar-refractivity contribution in [1.82, 2.24) is 23.6 Å². The fourth-order valence-electron chi connectivity index (χ4n) is 4.74. The third kappa shape index (κ3) is 4.35. The summed E-state index contributed by atoms with van der Waals surface area (Å²) in [6.07, 6.45) is 2.34. The second-order valence-electron chi connectivity index (χ2n) is 8.55. The van der Waals surface area contributed by atoms with Crippen molar-refractivity contribution >= 4 is 27.2 Å². The maximum Gasteiger partial charge on any atom is 0.279 e. The van der Waals surface area contributed by atoms with E-state index >= 15 is 0 Å². The van der Waals surface area contributed by atoms with Gasteiger partial charge in [0.05, 0.1) is 5.56 Å². The number of nitrogens with one attached hydrogen (secondary N) is 2. The summed E-state index contributed by atoms with van der Waals surface area (Å²) in [5.41, 5.74) is -0.869. The van der Waals surface area contributed by atoms with Crippen LogP contribution in [0.15, 0.2) is 17.1 Å². The monoisotopic (exact) mass is 470 g/mol. The molecular weight excluding hydrogens is 442 g/mol. The van der Waals surface area contributed by atoms with Gasteiger partial charge in [0.2, 0.25) is 5.95 Å². The number of alkyl halides is 2. The standard InChI is InChI=1S/C20H28F2N6O3S/c1-12-4-3-5-16(12)28-18-13(10-15(17(21)22)19(28)29)11-24-20(26-18)25-14-6-8-27(9-7-14)32(30,31)23-2/h10-12,14,16-17,23H,3-9H2,1-2H3,(H,24,25,26)/t12-,16+/m0/s1. The van der Waals surface area contributed by atoms with Gasteiger partial charge < -0.3 is 5.32 Å². The lowest BCUT2D eigenvalue weighted by Crippen LogP contribution is -2.46. The van der Waals surface area contributed by atoms with Crippen molar-refractivity contribution in [2.24, 2.45) is 5.92 Å². The van der Waals surface area contributed by atoms with Crippen LogP contribution in [0.5, 0.6) is 0 Å². The van der Waals surface area contributed by atoms with E-state index in [2.05, 4.69) is 20.0 Å². The minimum atomic E-state index is -3.46. The number of nitrogens with zero attached hydrogens (tertiary/aromatic N) is 4. The lowest BCUT2D eigenvalue weighted by Gasteiger charge is -2.31. The Morgan fingerprint density at radius 2 is 1.91 bits per heavy atom. The first-order chi connectivity index (χ1) is 15.2. The maximum atomic E-state index is 13.5. The van der Waals surface area contributed by atoms with Crippen LogP contribution in [-0.2, 0) is 10.2 Å². The predicted molar refractivity (Wildman–Crippen MR) is 117 cm³/mol. The maximum absolute atomic E-state index is 13.5. The summed E-state index contributed by atoms with van der Waals surface area (Å²) in [5, 5.41) is 3.62. The van der Waals surface area contributed by atoms with Crippen LogP contribution in [0.1, 0.15) is 57.1 Å². The van der Waals surface area contributed by atoms with Crippen LogP contribution in [0.25, 0.3) is 11.0 Å². The molecule has 9 nitrogen and oxygen atoms in total. The predicted octanol–water partition coefficient (Wildman–Crippen LogP) is 2.43. The summed E-state index contributed by atoms with van der Waals surface area (Å²) in [5.74, 6) is 0.490. The van der Waals surface area contributed by atoms with Gasteiger partial charge in [-0.1, -0.05) is 13.3 Å². The Morgan fingerprint density at radius 3 is 2.50 bits per heavy atom. The Kier molecular flexibility index (Phi) is 6.46. The minimum absolute atomic E-state index is 0.0401. The van der Waals surface area contributed by atoms with E-state index in [0.29, 0.717) is 42.9 Å². The van der Waals surface area contributed by atoms with E-state index in [-0.39, 0.29) is 18.0 Å². The first-order valence-electron chi connectivity index (χ1n) is 10.9. The molecule has 176 valence electrons. The van der Waals surface area contributed by atoms with Crippen molar-refractivity contribution < 1.29 is 17.2 Å². The van der Waals surface area contributed by atoms with Gasteiger partial charge in [0.15, 0.2) is 0 Å². The number of anilines is 1. The molecule has 32 heavy (non-hydrogen) atoms. The highest BCUT2D eigenvalue weighted by Crippen LogP contribution is 2.36. The second-order valence-corrected chi connectivity index (χ2v) is 10.4. The molecule has 1 saturated heterocycles. The van der Waals surface area contributed by atoms with Gasteiger partial charge in [0, 0.05) is 43.8 Å². The van der Waals surface area contributed by atoms with Gasteiger partial charge in [-0.3, -0.25) is 9.36 Å². The van der Waals surface area contributed by atoms with Gasteiger partial charge >= 0.3 is 0 Å². The molecule has 0 aromatic carbocycles. The SMILES string of the molecule is CNS(=O)(=O)N1CCC(Nc2ncc3cc(C(F)F)c(=O)n([C@@H]4CCC[C@@H]4C)c3n2)CC1. The van der Waals surface area contributed by atoms with Gasteiger partial charge in [0.25, 0.3) is 22.2 Å². The summed E-state index contributed by atoms with van der Waals surface area (Å²) in [6.45, 7) is 2.74. The molecule has 2 atom stereocenters. The van der Waals surface area contributed by atoms with Crippen molar-refractivity contribution in [3.63, 3.8) is 0 Å². The van der Waals surface area contributed by atoms with Gasteiger partial charge in [-0.2, -0.15) is 17.7 Å². The van der Waals surface area contributed by atoms with E-state index in [1.54, 1.807) is 0 Å². The minimum Gasteiger partial charge on any atom is -0.351 e. The van der Waals surface area contributed by atoms with E-state index in [0.717, 1.165) is 19.3 Å². The fraction of sp³-hybridized carbons (Fsp3) is 0.650. The van der Waals surface area contributed by atoms with Crippen molar-refractivity contribution in [2.45, 2.75) is 57.5 Å². The Morgan fingerprint density at radius 1 is 1.19 bits per heavy atom. The summed E-state index contributed by atoms with van der Waals surface area (Å²) in [6, 6.07) is 0.965. The average molecular weight is 471 g/mol. The van der Waals surface area contributed by atoms with Gasteiger partial charge in [-0.25, -0.2) is 18.5 Å². The Hall–Kier alpha value is -2.18. The summed E-state index contributed by atoms with van der Waals surface area (Å²) in [4.78, 5) is 21.8. The Balaban J connectivity index is 1.64. The first kappa shape index (κ1) is 23.0. The van der Waals surface area contributed by atoms with Crippen molar-refractivity contribution in [3.05, 3.63) is 28.2 Å². The number of hydrogen-bond acceptors (Lipinski definition) is 6. The molecule has 2 aromatic rings. The zero-order valence-corrected chi connectivity index (χ0v) is 18.9. The zero-order chi connectivity index (χ0) is 23.0. The van der Waals surface area contributed by atoms with Gasteiger partial charge in [-0.15, -0.1) is 0 Å². The fourth-order valence-corrected chi connectivity index (χ4v) is 5.69. The number of rotatable bonds is 6. The molecular formula is C20H28F2N6O3S. The van der Waals surface area contributed by atoms with Crippen LogP contribution in [0.3, 0.4) is 0 Å². The van der Waals surface area contributed by atoms with E-state index in [1.807, 2.05) is 6.92 Å². The van der Waals surface area contributed by atoms with Crippen LogP contribution < -0.4 is 15.6 Å². The molecule has 0 amide bonds. The van der Waals surface area contributed by atoms with Crippen LogP contribution in [-0.4, -0.2) is 53.4 Å². The topological polar surface area (TPSA) is 109 Å². The van der Waals surface area contributed by atoms with Crippen molar-refractivity contribution in [1.29, 1.82) is 0 Å². The highest BCUT2D eigenvalue weighted by atomic mass is 32.2. The molecule has 2 aliphatic rings. The summed E-state index contributed by atoms with van der Waals surface area (Å²) >= 11 is 0. The summed E-state index contributed by atoms with van der Waals surface area (Å²) < 4.78 is 56.1. The van der Waals surface area contributed by atoms with E-state index in [4.69, 9.17) is 0 Å². The molecule has 12 heteroatoms. The van der Waals surface area contributed by atoms with Crippen molar-refractivity contribution in [3.8, 4) is 0 Å². The number of piperidine rings is 1. The first-order valence-corrected chi connectivity index (χ1v) is 12.3. The molecule has 3 heterocycles. The Labute approximate surface area is 185 Å². The molecule has 0 spiro atoms. The largest absolute Gasteiger partial charge is 0.351 e. The number of halogens is 2. The quantitative estimate of drug-likeness (QED) is 0.671. The third-order valence-electron chi connectivity index (χ3n) is 6.57. The van der Waals surface area contributed by atoms with E-state index < -0.39 is 27.8 Å². The molecule has 1 aliphatic heterocycles. The average Bonchev–Trinajstić information content (AvgIpc) is 3.19. The lowest BCUT2D eigenvalue weighted by atomic mass is 10.1. The number of pyridine rings is 1. The van der Waals surface area contributed by atoms with Crippen molar-refractivity contribution in [2.75, 3.05) is 25.5 Å². The molecule has 1 saturated carbocycles. The highest BCUT2D eigenvalue weighted by Gasteiger charge is 2.30. The molecule has 0 bridgehead atoms. The molecule has 2 N–H and O–H groups in total. The molecule has 0 unspecified atom stereocenters. The van der Waals surface area contributed by atoms with Gasteiger partial charge in [0.1, 0.15) is 5.65 Å². The smallest absolute Gasteiger partial charge is 0.279 e. The van der Waals surface area contributed by atoms with E-state index in [1.165, 1.54) is 28.2 Å². The molecule has 1 aliphatic carbocycles. The number of hydrogen-bond donors (Lipinski definition) is 2.